The molecule has 1 N–H and O–H groups in total. The van der Waals surface area contributed by atoms with Gasteiger partial charge in [0.05, 0.1) is 5.41 Å². The van der Waals surface area contributed by atoms with Gasteiger partial charge in [0.2, 0.25) is 0 Å². The highest BCUT2D eigenvalue weighted by Crippen LogP contribution is 2.42. The fraction of sp³-hybridized carbons (Fsp3) is 0.533. The molecule has 2 heteroatoms. The lowest BCUT2D eigenvalue weighted by Crippen LogP contribution is -2.31. The van der Waals surface area contributed by atoms with Gasteiger partial charge in [0.25, 0.3) is 0 Å². The molecule has 1 fully saturated rings. The van der Waals surface area contributed by atoms with Gasteiger partial charge in [0, 0.05) is 0 Å². The number of hydrogen-bond acceptors (Lipinski definition) is 1. The zero-order valence-corrected chi connectivity index (χ0v) is 10.6. The Morgan fingerprint density at radius 3 is 2.24 bits per heavy atom. The van der Waals surface area contributed by atoms with Gasteiger partial charge >= 0.3 is 5.97 Å². The molecule has 0 unspecified atom stereocenters. The number of aliphatic carboxylic acids is 1. The molecule has 1 aliphatic carbocycles. The highest BCUT2D eigenvalue weighted by molar-refractivity contribution is 5.74. The van der Waals surface area contributed by atoms with E-state index in [4.69, 9.17) is 0 Å². The molecule has 0 aliphatic heterocycles. The molecule has 1 aliphatic rings. The highest BCUT2D eigenvalue weighted by atomic mass is 16.4. The molecular weight excluding hydrogens is 212 g/mol. The first-order chi connectivity index (χ1) is 8.01. The van der Waals surface area contributed by atoms with E-state index >= 15 is 0 Å². The number of aryl methyl sites for hydroxylation is 1. The summed E-state index contributed by atoms with van der Waals surface area (Å²) in [6, 6.07) is 8.65. The lowest BCUT2D eigenvalue weighted by molar-refractivity contribution is -0.149. The van der Waals surface area contributed by atoms with E-state index in [2.05, 4.69) is 31.2 Å². The van der Waals surface area contributed by atoms with Crippen LogP contribution in [0.4, 0.5) is 0 Å². The van der Waals surface area contributed by atoms with Crippen molar-refractivity contribution in [1.29, 1.82) is 0 Å². The average Bonchev–Trinajstić information content (AvgIpc) is 2.31. The molecule has 1 aromatic rings. The minimum Gasteiger partial charge on any atom is -0.481 e. The Labute approximate surface area is 103 Å². The van der Waals surface area contributed by atoms with Crippen molar-refractivity contribution in [3.8, 4) is 0 Å². The van der Waals surface area contributed by atoms with Crippen molar-refractivity contribution in [3.63, 3.8) is 0 Å². The molecule has 0 radical (unpaired) electrons. The van der Waals surface area contributed by atoms with E-state index in [1.54, 1.807) is 0 Å². The second kappa shape index (κ2) is 4.52. The van der Waals surface area contributed by atoms with E-state index in [9.17, 15) is 9.90 Å². The van der Waals surface area contributed by atoms with Crippen LogP contribution >= 0.6 is 0 Å². The van der Waals surface area contributed by atoms with Crippen LogP contribution in [0.5, 0.6) is 0 Å². The molecule has 0 saturated heterocycles. The molecule has 1 saturated carbocycles. The van der Waals surface area contributed by atoms with Crippen LogP contribution in [0.25, 0.3) is 0 Å². The third-order valence-electron chi connectivity index (χ3n) is 4.15. The summed E-state index contributed by atoms with van der Waals surface area (Å²) in [5.74, 6) is -0.0946. The molecule has 0 spiro atoms. The molecule has 0 amide bonds. The maximum absolute atomic E-state index is 11.2. The van der Waals surface area contributed by atoms with E-state index in [0.29, 0.717) is 5.92 Å². The van der Waals surface area contributed by atoms with Crippen LogP contribution in [-0.2, 0) is 4.79 Å². The van der Waals surface area contributed by atoms with E-state index in [1.807, 2.05) is 6.92 Å². The number of carbonyl (C=O) groups is 1. The summed E-state index contributed by atoms with van der Waals surface area (Å²) < 4.78 is 0. The Balaban J connectivity index is 2.04. The first-order valence-corrected chi connectivity index (χ1v) is 6.31. The molecule has 2 nitrogen and oxygen atoms in total. The maximum Gasteiger partial charge on any atom is 0.309 e. The summed E-state index contributed by atoms with van der Waals surface area (Å²) in [6.07, 6.45) is 3.57. The van der Waals surface area contributed by atoms with Crippen molar-refractivity contribution in [1.82, 2.24) is 0 Å². The predicted molar refractivity (Wildman–Crippen MR) is 68.1 cm³/mol. The van der Waals surface area contributed by atoms with Gasteiger partial charge in [0.1, 0.15) is 0 Å². The second-order valence-electron chi connectivity index (χ2n) is 5.55. The molecule has 92 valence electrons. The van der Waals surface area contributed by atoms with Gasteiger partial charge in [-0.05, 0) is 51.0 Å². The average molecular weight is 232 g/mol. The minimum absolute atomic E-state index is 0.499. The molecule has 0 bridgehead atoms. The Morgan fingerprint density at radius 2 is 1.76 bits per heavy atom. The van der Waals surface area contributed by atoms with Crippen LogP contribution in [-0.4, -0.2) is 11.1 Å². The largest absolute Gasteiger partial charge is 0.481 e. The monoisotopic (exact) mass is 232 g/mol. The summed E-state index contributed by atoms with van der Waals surface area (Å²) in [5, 5.41) is 9.19. The Bertz CT molecular complexity index is 397. The SMILES string of the molecule is Cc1ccc(C2CCC(C)(C(=O)O)CC2)cc1. The molecular formula is C15H20O2. The van der Waals surface area contributed by atoms with Gasteiger partial charge in [-0.2, -0.15) is 0 Å². The van der Waals surface area contributed by atoms with E-state index in [-0.39, 0.29) is 0 Å². The van der Waals surface area contributed by atoms with Crippen LogP contribution in [0.15, 0.2) is 24.3 Å². The van der Waals surface area contributed by atoms with E-state index < -0.39 is 11.4 Å². The van der Waals surface area contributed by atoms with Crippen molar-refractivity contribution in [2.24, 2.45) is 5.41 Å². The summed E-state index contributed by atoms with van der Waals surface area (Å²) in [7, 11) is 0. The molecule has 0 aromatic heterocycles. The summed E-state index contributed by atoms with van der Waals surface area (Å²) in [6.45, 7) is 3.97. The third kappa shape index (κ3) is 2.51. The maximum atomic E-state index is 11.2. The number of hydrogen-bond donors (Lipinski definition) is 1. The number of rotatable bonds is 2. The molecule has 0 atom stereocenters. The smallest absolute Gasteiger partial charge is 0.309 e. The zero-order valence-electron chi connectivity index (χ0n) is 10.6. The first-order valence-electron chi connectivity index (χ1n) is 6.31. The van der Waals surface area contributed by atoms with E-state index in [0.717, 1.165) is 25.7 Å². The van der Waals surface area contributed by atoms with Crippen molar-refractivity contribution in [2.75, 3.05) is 0 Å². The topological polar surface area (TPSA) is 37.3 Å². The Hall–Kier alpha value is -1.31. The molecule has 2 rings (SSSR count). The van der Waals surface area contributed by atoms with Crippen LogP contribution in [0.1, 0.15) is 49.7 Å². The predicted octanol–water partition coefficient (Wildman–Crippen LogP) is 3.74. The molecule has 17 heavy (non-hydrogen) atoms. The second-order valence-corrected chi connectivity index (χ2v) is 5.55. The lowest BCUT2D eigenvalue weighted by atomic mass is 9.70. The van der Waals surface area contributed by atoms with Gasteiger partial charge in [-0.15, -0.1) is 0 Å². The van der Waals surface area contributed by atoms with Crippen LogP contribution in [0.2, 0.25) is 0 Å². The van der Waals surface area contributed by atoms with Crippen LogP contribution < -0.4 is 0 Å². The lowest BCUT2D eigenvalue weighted by Gasteiger charge is -2.34. The summed E-state index contributed by atoms with van der Waals surface area (Å²) in [4.78, 5) is 11.2. The van der Waals surface area contributed by atoms with Gasteiger partial charge in [-0.25, -0.2) is 0 Å². The quantitative estimate of drug-likeness (QED) is 0.843. The number of carboxylic acid groups (broad SMARTS) is 1. The Kier molecular flexibility index (Phi) is 3.23. The summed E-state index contributed by atoms with van der Waals surface area (Å²) in [5.41, 5.74) is 2.14. The van der Waals surface area contributed by atoms with Gasteiger partial charge in [-0.3, -0.25) is 4.79 Å². The van der Waals surface area contributed by atoms with Crippen molar-refractivity contribution in [3.05, 3.63) is 35.4 Å². The van der Waals surface area contributed by atoms with Crippen LogP contribution in [0, 0.1) is 12.3 Å². The van der Waals surface area contributed by atoms with Crippen molar-refractivity contribution < 1.29 is 9.90 Å². The molecule has 1 aromatic carbocycles. The fourth-order valence-electron chi connectivity index (χ4n) is 2.64. The third-order valence-corrected chi connectivity index (χ3v) is 4.15. The van der Waals surface area contributed by atoms with Crippen LogP contribution in [0.3, 0.4) is 0 Å². The number of benzene rings is 1. The van der Waals surface area contributed by atoms with Crippen molar-refractivity contribution >= 4 is 5.97 Å². The fourth-order valence-corrected chi connectivity index (χ4v) is 2.64. The first kappa shape index (κ1) is 12.2. The normalized spacial score (nSPS) is 28.9. The summed E-state index contributed by atoms with van der Waals surface area (Å²) >= 11 is 0. The Morgan fingerprint density at radius 1 is 1.24 bits per heavy atom. The van der Waals surface area contributed by atoms with Gasteiger partial charge < -0.3 is 5.11 Å². The zero-order chi connectivity index (χ0) is 12.5. The van der Waals surface area contributed by atoms with Gasteiger partial charge in [0.15, 0.2) is 0 Å². The van der Waals surface area contributed by atoms with E-state index in [1.165, 1.54) is 11.1 Å². The minimum atomic E-state index is -0.639. The van der Waals surface area contributed by atoms with Gasteiger partial charge in [-0.1, -0.05) is 29.8 Å². The standard InChI is InChI=1S/C15H20O2/c1-11-3-5-12(6-4-11)13-7-9-15(2,10-8-13)14(16)17/h3-6,13H,7-10H2,1-2H3,(H,16,17). The van der Waals surface area contributed by atoms with Crippen molar-refractivity contribution in [2.45, 2.75) is 45.4 Å². The number of carboxylic acids is 1. The molecule has 0 heterocycles. The highest BCUT2D eigenvalue weighted by Gasteiger charge is 2.37.